The molecule has 12 heavy (non-hydrogen) atoms. The van der Waals surface area contributed by atoms with E-state index in [0.29, 0.717) is 32.2 Å². The largest absolute Gasteiger partial charge is 0.303 e. The molecule has 3 aliphatic rings. The van der Waals surface area contributed by atoms with Crippen molar-refractivity contribution in [1.29, 1.82) is 0 Å². The van der Waals surface area contributed by atoms with Gasteiger partial charge in [-0.3, -0.25) is 4.90 Å². The van der Waals surface area contributed by atoms with Gasteiger partial charge in [-0.2, -0.15) is 0 Å². The van der Waals surface area contributed by atoms with Crippen molar-refractivity contribution in [2.24, 2.45) is 5.41 Å². The number of halogens is 2. The molecular formula is C8H11F2NO. The summed E-state index contributed by atoms with van der Waals surface area (Å²) in [6.07, 6.45) is 1.12. The molecule has 3 heterocycles. The van der Waals surface area contributed by atoms with Crippen molar-refractivity contribution in [2.75, 3.05) is 19.6 Å². The number of hydrogen-bond acceptors (Lipinski definition) is 2. The fourth-order valence-electron chi connectivity index (χ4n) is 2.12. The molecule has 0 aromatic rings. The van der Waals surface area contributed by atoms with E-state index in [9.17, 15) is 13.6 Å². The number of aldehydes is 1. The lowest BCUT2D eigenvalue weighted by atomic mass is 9.70. The van der Waals surface area contributed by atoms with Crippen LogP contribution in [0, 0.1) is 5.41 Å². The molecule has 68 valence electrons. The highest BCUT2D eigenvalue weighted by Crippen LogP contribution is 2.48. The van der Waals surface area contributed by atoms with Crippen molar-refractivity contribution in [3.63, 3.8) is 0 Å². The maximum atomic E-state index is 13.3. The van der Waals surface area contributed by atoms with Crippen LogP contribution in [-0.2, 0) is 4.79 Å². The molecule has 4 heteroatoms. The molecule has 0 spiro atoms. The number of rotatable bonds is 1. The van der Waals surface area contributed by atoms with Crippen molar-refractivity contribution >= 4 is 6.29 Å². The Morgan fingerprint density at radius 1 is 1.25 bits per heavy atom. The van der Waals surface area contributed by atoms with Gasteiger partial charge in [-0.1, -0.05) is 0 Å². The van der Waals surface area contributed by atoms with Gasteiger partial charge in [0.25, 0.3) is 5.92 Å². The van der Waals surface area contributed by atoms with Crippen LogP contribution in [0.4, 0.5) is 8.78 Å². The Bertz CT molecular complexity index is 209. The maximum absolute atomic E-state index is 13.3. The summed E-state index contributed by atoms with van der Waals surface area (Å²) in [5.41, 5.74) is -1.33. The summed E-state index contributed by atoms with van der Waals surface area (Å²) in [6, 6.07) is 0. The highest BCUT2D eigenvalue weighted by molar-refractivity contribution is 5.62. The van der Waals surface area contributed by atoms with Gasteiger partial charge < -0.3 is 4.79 Å². The van der Waals surface area contributed by atoms with E-state index in [1.54, 1.807) is 4.90 Å². The van der Waals surface area contributed by atoms with Crippen LogP contribution in [0.25, 0.3) is 0 Å². The second-order valence-corrected chi connectivity index (χ2v) is 3.75. The fraction of sp³-hybridized carbons (Fsp3) is 0.875. The summed E-state index contributed by atoms with van der Waals surface area (Å²) < 4.78 is 26.6. The highest BCUT2D eigenvalue weighted by Gasteiger charge is 2.59. The SMILES string of the molecule is O=CC12CCN(CC1)CC2(F)F. The van der Waals surface area contributed by atoms with Crippen molar-refractivity contribution in [3.05, 3.63) is 0 Å². The van der Waals surface area contributed by atoms with E-state index >= 15 is 0 Å². The van der Waals surface area contributed by atoms with E-state index < -0.39 is 11.3 Å². The number of nitrogens with zero attached hydrogens (tertiary/aromatic N) is 1. The predicted octanol–water partition coefficient (Wildman–Crippen LogP) is 0.916. The summed E-state index contributed by atoms with van der Waals surface area (Å²) >= 11 is 0. The standard InChI is InChI=1S/C8H11F2NO/c9-8(10)5-11-3-1-7(8,6-12)2-4-11/h6H,1-5H2. The topological polar surface area (TPSA) is 20.3 Å². The molecule has 0 N–H and O–H groups in total. The van der Waals surface area contributed by atoms with Gasteiger partial charge in [0.1, 0.15) is 6.29 Å². The third-order valence-electron chi connectivity index (χ3n) is 3.12. The lowest BCUT2D eigenvalue weighted by Gasteiger charge is -2.50. The summed E-state index contributed by atoms with van der Waals surface area (Å²) in [7, 11) is 0. The van der Waals surface area contributed by atoms with Crippen LogP contribution in [-0.4, -0.2) is 36.7 Å². The van der Waals surface area contributed by atoms with E-state index in [1.165, 1.54) is 0 Å². The number of carbonyl (C=O) groups is 1. The number of alkyl halides is 2. The first-order valence-corrected chi connectivity index (χ1v) is 4.16. The normalized spacial score (nSPS) is 44.3. The summed E-state index contributed by atoms with van der Waals surface area (Å²) in [5, 5.41) is 0. The molecule has 3 saturated heterocycles. The zero-order valence-electron chi connectivity index (χ0n) is 6.72. The highest BCUT2D eigenvalue weighted by atomic mass is 19.3. The number of piperidine rings is 3. The minimum absolute atomic E-state index is 0.230. The van der Waals surface area contributed by atoms with Crippen LogP contribution in [0.15, 0.2) is 0 Å². The molecule has 3 aliphatic heterocycles. The molecule has 3 rings (SSSR count). The molecule has 0 amide bonds. The molecule has 2 bridgehead atoms. The summed E-state index contributed by atoms with van der Waals surface area (Å²) in [5.74, 6) is -2.80. The quantitative estimate of drug-likeness (QED) is 0.552. The summed E-state index contributed by atoms with van der Waals surface area (Å²) in [4.78, 5) is 12.4. The summed E-state index contributed by atoms with van der Waals surface area (Å²) in [6.45, 7) is 1.06. The van der Waals surface area contributed by atoms with Gasteiger partial charge in [0.05, 0.1) is 12.0 Å². The monoisotopic (exact) mass is 175 g/mol. The first-order chi connectivity index (χ1) is 5.60. The molecule has 0 aromatic carbocycles. The Hall–Kier alpha value is -0.510. The van der Waals surface area contributed by atoms with Crippen molar-refractivity contribution < 1.29 is 13.6 Å². The smallest absolute Gasteiger partial charge is 0.272 e. The van der Waals surface area contributed by atoms with Crippen LogP contribution in [0.3, 0.4) is 0 Å². The zero-order chi connectivity index (χ0) is 8.82. The number of carbonyl (C=O) groups excluding carboxylic acids is 1. The number of hydrogen-bond donors (Lipinski definition) is 0. The first kappa shape index (κ1) is 8.10. The van der Waals surface area contributed by atoms with E-state index in [1.807, 2.05) is 0 Å². The van der Waals surface area contributed by atoms with Gasteiger partial charge in [0, 0.05) is 0 Å². The van der Waals surface area contributed by atoms with Crippen molar-refractivity contribution in [3.8, 4) is 0 Å². The van der Waals surface area contributed by atoms with Gasteiger partial charge in [-0.05, 0) is 25.9 Å². The van der Waals surface area contributed by atoms with Gasteiger partial charge in [-0.15, -0.1) is 0 Å². The fourth-order valence-corrected chi connectivity index (χ4v) is 2.12. The van der Waals surface area contributed by atoms with Gasteiger partial charge in [0.2, 0.25) is 0 Å². The second-order valence-electron chi connectivity index (χ2n) is 3.75. The van der Waals surface area contributed by atoms with Crippen LogP contribution in [0.2, 0.25) is 0 Å². The molecule has 0 aromatic heterocycles. The Morgan fingerprint density at radius 2 is 1.83 bits per heavy atom. The van der Waals surface area contributed by atoms with Gasteiger partial charge >= 0.3 is 0 Å². The Kier molecular flexibility index (Phi) is 1.52. The third-order valence-corrected chi connectivity index (χ3v) is 3.12. The van der Waals surface area contributed by atoms with Crippen LogP contribution < -0.4 is 0 Å². The minimum Gasteiger partial charge on any atom is -0.303 e. The second kappa shape index (κ2) is 2.25. The molecule has 0 radical (unpaired) electrons. The molecule has 0 unspecified atom stereocenters. The average molecular weight is 175 g/mol. The van der Waals surface area contributed by atoms with E-state index in [4.69, 9.17) is 0 Å². The van der Waals surface area contributed by atoms with Gasteiger partial charge in [0.15, 0.2) is 0 Å². The molecular weight excluding hydrogens is 164 g/mol. The first-order valence-electron chi connectivity index (χ1n) is 4.16. The van der Waals surface area contributed by atoms with E-state index in [-0.39, 0.29) is 6.54 Å². The van der Waals surface area contributed by atoms with E-state index in [0.717, 1.165) is 0 Å². The van der Waals surface area contributed by atoms with Crippen LogP contribution in [0.5, 0.6) is 0 Å². The lowest BCUT2D eigenvalue weighted by molar-refractivity contribution is -0.195. The Labute approximate surface area is 69.5 Å². The van der Waals surface area contributed by atoms with E-state index in [2.05, 4.69) is 0 Å². The van der Waals surface area contributed by atoms with Gasteiger partial charge in [-0.25, -0.2) is 8.78 Å². The Balaban J connectivity index is 2.33. The average Bonchev–Trinajstić information content (AvgIpc) is 2.04. The minimum atomic E-state index is -2.80. The molecule has 0 saturated carbocycles. The Morgan fingerprint density at radius 3 is 2.17 bits per heavy atom. The maximum Gasteiger partial charge on any atom is 0.272 e. The zero-order valence-corrected chi connectivity index (χ0v) is 6.72. The molecule has 3 fully saturated rings. The van der Waals surface area contributed by atoms with Crippen molar-refractivity contribution in [1.82, 2.24) is 4.90 Å². The predicted molar refractivity (Wildman–Crippen MR) is 39.1 cm³/mol. The molecule has 0 aliphatic carbocycles. The molecule has 0 atom stereocenters. The van der Waals surface area contributed by atoms with Crippen molar-refractivity contribution in [2.45, 2.75) is 18.8 Å². The lowest BCUT2D eigenvalue weighted by Crippen LogP contribution is -2.62. The van der Waals surface area contributed by atoms with Crippen LogP contribution in [0.1, 0.15) is 12.8 Å². The molecule has 2 nitrogen and oxygen atoms in total. The van der Waals surface area contributed by atoms with Crippen LogP contribution >= 0.6 is 0 Å². The number of fused-ring (bicyclic) bond motifs is 3. The third kappa shape index (κ3) is 0.843.